The molecule has 0 saturated heterocycles. The van der Waals surface area contributed by atoms with Crippen LogP contribution >= 0.6 is 0 Å². The number of hydrogen-bond acceptors (Lipinski definition) is 3. The Labute approximate surface area is 107 Å². The van der Waals surface area contributed by atoms with E-state index in [1.165, 1.54) is 6.20 Å². The number of rotatable bonds is 2. The molecule has 0 bridgehead atoms. The van der Waals surface area contributed by atoms with E-state index in [0.29, 0.717) is 11.3 Å². The Kier molecular flexibility index (Phi) is 3.53. The van der Waals surface area contributed by atoms with E-state index in [-0.39, 0.29) is 5.56 Å². The van der Waals surface area contributed by atoms with Crippen molar-refractivity contribution in [1.29, 1.82) is 0 Å². The zero-order valence-corrected chi connectivity index (χ0v) is 10.0. The fraction of sp³-hybridized carbons (Fsp3) is 0.231. The molecular formula is C13H11F3N2O. The molecule has 0 radical (unpaired) electrons. The number of aliphatic hydroxyl groups is 1. The normalized spacial score (nSPS) is 13.3. The molecule has 0 saturated carbocycles. The van der Waals surface area contributed by atoms with Crippen molar-refractivity contribution in [3.05, 3.63) is 59.2 Å². The summed E-state index contributed by atoms with van der Waals surface area (Å²) >= 11 is 0. The summed E-state index contributed by atoms with van der Waals surface area (Å²) in [5.74, 6) is 0. The maximum Gasteiger partial charge on any atom is 0.416 e. The number of nitrogens with zero attached hydrogens (tertiary/aromatic N) is 2. The summed E-state index contributed by atoms with van der Waals surface area (Å²) < 4.78 is 38.6. The minimum Gasteiger partial charge on any atom is -0.384 e. The summed E-state index contributed by atoms with van der Waals surface area (Å²) in [6.07, 6.45) is -2.34. The van der Waals surface area contributed by atoms with Crippen molar-refractivity contribution in [1.82, 2.24) is 9.97 Å². The van der Waals surface area contributed by atoms with Crippen LogP contribution in [-0.4, -0.2) is 15.1 Å². The SMILES string of the molecule is Cc1ncccc1C(O)c1cnccc1C(F)(F)F. The van der Waals surface area contributed by atoms with E-state index in [1.54, 1.807) is 19.1 Å². The molecule has 2 heterocycles. The highest BCUT2D eigenvalue weighted by molar-refractivity contribution is 5.36. The Hall–Kier alpha value is -1.95. The van der Waals surface area contributed by atoms with Crippen LogP contribution in [0.1, 0.15) is 28.5 Å². The van der Waals surface area contributed by atoms with Crippen LogP contribution < -0.4 is 0 Å². The van der Waals surface area contributed by atoms with Crippen LogP contribution in [0.2, 0.25) is 0 Å². The second-order valence-corrected chi connectivity index (χ2v) is 4.04. The third-order valence-corrected chi connectivity index (χ3v) is 2.79. The van der Waals surface area contributed by atoms with E-state index in [0.717, 1.165) is 18.5 Å². The first-order valence-electron chi connectivity index (χ1n) is 5.52. The average Bonchev–Trinajstić information content (AvgIpc) is 2.37. The second kappa shape index (κ2) is 4.97. The quantitative estimate of drug-likeness (QED) is 0.911. The van der Waals surface area contributed by atoms with E-state index in [1.807, 2.05) is 0 Å². The molecule has 100 valence electrons. The van der Waals surface area contributed by atoms with E-state index >= 15 is 0 Å². The van der Waals surface area contributed by atoms with Gasteiger partial charge in [0, 0.05) is 35.4 Å². The molecule has 3 nitrogen and oxygen atoms in total. The average molecular weight is 268 g/mol. The standard InChI is InChI=1S/C13H11F3N2O/c1-8-9(3-2-5-18-8)12(19)10-7-17-6-4-11(10)13(14,15)16/h2-7,12,19H,1H3. The Balaban J connectivity index is 2.51. The maximum atomic E-state index is 12.9. The van der Waals surface area contributed by atoms with Gasteiger partial charge in [0.15, 0.2) is 0 Å². The summed E-state index contributed by atoms with van der Waals surface area (Å²) in [5.41, 5.74) is -0.350. The minimum atomic E-state index is -4.53. The van der Waals surface area contributed by atoms with Crippen LogP contribution in [0.4, 0.5) is 13.2 Å². The van der Waals surface area contributed by atoms with Gasteiger partial charge in [-0.3, -0.25) is 9.97 Å². The van der Waals surface area contributed by atoms with E-state index in [9.17, 15) is 18.3 Å². The van der Waals surface area contributed by atoms with Gasteiger partial charge in [-0.25, -0.2) is 0 Å². The van der Waals surface area contributed by atoms with Crippen molar-refractivity contribution in [2.24, 2.45) is 0 Å². The van der Waals surface area contributed by atoms with Gasteiger partial charge < -0.3 is 5.11 Å². The first-order valence-corrected chi connectivity index (χ1v) is 5.52. The Morgan fingerprint density at radius 3 is 2.53 bits per heavy atom. The molecule has 0 aliphatic carbocycles. The molecule has 0 fully saturated rings. The fourth-order valence-corrected chi connectivity index (χ4v) is 1.84. The van der Waals surface area contributed by atoms with Gasteiger partial charge in [-0.1, -0.05) is 6.07 Å². The van der Waals surface area contributed by atoms with Crippen LogP contribution in [0.5, 0.6) is 0 Å². The summed E-state index contributed by atoms with van der Waals surface area (Å²) in [4.78, 5) is 7.61. The van der Waals surface area contributed by atoms with Gasteiger partial charge in [-0.05, 0) is 19.1 Å². The summed E-state index contributed by atoms with van der Waals surface area (Å²) in [6, 6.07) is 3.96. The molecule has 2 aromatic rings. The van der Waals surface area contributed by atoms with Crippen molar-refractivity contribution in [3.63, 3.8) is 0 Å². The largest absolute Gasteiger partial charge is 0.416 e. The highest BCUT2D eigenvalue weighted by Crippen LogP contribution is 2.36. The molecule has 1 atom stereocenters. The molecule has 1 unspecified atom stereocenters. The zero-order valence-electron chi connectivity index (χ0n) is 10.0. The van der Waals surface area contributed by atoms with Crippen LogP contribution in [0.3, 0.4) is 0 Å². The van der Waals surface area contributed by atoms with Crippen molar-refractivity contribution in [3.8, 4) is 0 Å². The minimum absolute atomic E-state index is 0.272. The monoisotopic (exact) mass is 268 g/mol. The van der Waals surface area contributed by atoms with Crippen molar-refractivity contribution in [2.75, 3.05) is 0 Å². The maximum absolute atomic E-state index is 12.9. The lowest BCUT2D eigenvalue weighted by molar-refractivity contribution is -0.139. The summed E-state index contributed by atoms with van der Waals surface area (Å²) in [6.45, 7) is 1.63. The number of aromatic nitrogens is 2. The fourth-order valence-electron chi connectivity index (χ4n) is 1.84. The molecule has 1 N–H and O–H groups in total. The van der Waals surface area contributed by atoms with Crippen LogP contribution in [-0.2, 0) is 6.18 Å². The second-order valence-electron chi connectivity index (χ2n) is 4.04. The molecule has 0 aliphatic heterocycles. The number of aryl methyl sites for hydroxylation is 1. The molecule has 0 aromatic carbocycles. The third-order valence-electron chi connectivity index (χ3n) is 2.79. The molecule has 0 aliphatic rings. The van der Waals surface area contributed by atoms with Gasteiger partial charge in [0.1, 0.15) is 6.10 Å². The van der Waals surface area contributed by atoms with Crippen LogP contribution in [0.15, 0.2) is 36.8 Å². The van der Waals surface area contributed by atoms with E-state index < -0.39 is 17.8 Å². The lowest BCUT2D eigenvalue weighted by atomic mass is 9.97. The number of hydrogen-bond donors (Lipinski definition) is 1. The van der Waals surface area contributed by atoms with Gasteiger partial charge in [0.25, 0.3) is 0 Å². The van der Waals surface area contributed by atoms with Crippen LogP contribution in [0.25, 0.3) is 0 Å². The number of halogens is 3. The predicted octanol–water partition coefficient (Wildman–Crippen LogP) is 2.89. The first kappa shape index (κ1) is 13.5. The first-order chi connectivity index (χ1) is 8.91. The van der Waals surface area contributed by atoms with Gasteiger partial charge in [0.2, 0.25) is 0 Å². The summed E-state index contributed by atoms with van der Waals surface area (Å²) in [5, 5.41) is 10.1. The number of alkyl halides is 3. The van der Waals surface area contributed by atoms with Crippen molar-refractivity contribution >= 4 is 0 Å². The predicted molar refractivity (Wildman–Crippen MR) is 62.3 cm³/mol. The van der Waals surface area contributed by atoms with Crippen molar-refractivity contribution < 1.29 is 18.3 Å². The highest BCUT2D eigenvalue weighted by Gasteiger charge is 2.35. The Morgan fingerprint density at radius 2 is 1.89 bits per heavy atom. The van der Waals surface area contributed by atoms with E-state index in [4.69, 9.17) is 0 Å². The molecule has 0 amide bonds. The lowest BCUT2D eigenvalue weighted by Crippen LogP contribution is -2.14. The van der Waals surface area contributed by atoms with Gasteiger partial charge in [-0.2, -0.15) is 13.2 Å². The smallest absolute Gasteiger partial charge is 0.384 e. The highest BCUT2D eigenvalue weighted by atomic mass is 19.4. The van der Waals surface area contributed by atoms with Crippen LogP contribution in [0, 0.1) is 6.92 Å². The molecule has 19 heavy (non-hydrogen) atoms. The van der Waals surface area contributed by atoms with Crippen molar-refractivity contribution in [2.45, 2.75) is 19.2 Å². The van der Waals surface area contributed by atoms with Gasteiger partial charge in [0.05, 0.1) is 5.56 Å². The molecule has 2 aromatic heterocycles. The molecule has 2 rings (SSSR count). The lowest BCUT2D eigenvalue weighted by Gasteiger charge is -2.18. The Morgan fingerprint density at radius 1 is 1.16 bits per heavy atom. The Bertz CT molecular complexity index is 584. The molecule has 0 spiro atoms. The molecule has 6 heteroatoms. The van der Waals surface area contributed by atoms with E-state index in [2.05, 4.69) is 9.97 Å². The van der Waals surface area contributed by atoms with Gasteiger partial charge in [-0.15, -0.1) is 0 Å². The number of pyridine rings is 2. The topological polar surface area (TPSA) is 46.0 Å². The number of aliphatic hydroxyl groups excluding tert-OH is 1. The third kappa shape index (κ3) is 2.73. The van der Waals surface area contributed by atoms with Gasteiger partial charge >= 0.3 is 6.18 Å². The summed E-state index contributed by atoms with van der Waals surface area (Å²) in [7, 11) is 0. The zero-order chi connectivity index (χ0) is 14.0. The molecular weight excluding hydrogens is 257 g/mol.